The number of benzene rings is 1. The molecule has 0 heterocycles. The molecule has 0 radical (unpaired) electrons. The lowest BCUT2D eigenvalue weighted by atomic mass is 9.84. The van der Waals surface area contributed by atoms with Gasteiger partial charge in [-0.1, -0.05) is 32.9 Å². The van der Waals surface area contributed by atoms with Gasteiger partial charge in [-0.3, -0.25) is 5.41 Å². The third kappa shape index (κ3) is 6.23. The van der Waals surface area contributed by atoms with Gasteiger partial charge in [0.25, 0.3) is 0 Å². The lowest BCUT2D eigenvalue weighted by molar-refractivity contribution is 0.305. The first-order valence-corrected chi connectivity index (χ1v) is 8.34. The normalized spacial score (nSPS) is 12.3. The van der Waals surface area contributed by atoms with Crippen molar-refractivity contribution in [3.63, 3.8) is 0 Å². The van der Waals surface area contributed by atoms with Crippen molar-refractivity contribution in [2.24, 2.45) is 0 Å². The van der Waals surface area contributed by atoms with Crippen molar-refractivity contribution in [2.45, 2.75) is 51.9 Å². The molecule has 132 valence electrons. The molecular formula is C18H29Cl2NO2. The van der Waals surface area contributed by atoms with Crippen LogP contribution in [0.15, 0.2) is 18.2 Å². The molecule has 1 atom stereocenters. The third-order valence-corrected chi connectivity index (χ3v) is 3.95. The number of halogens is 2. The lowest BCUT2D eigenvalue weighted by Crippen LogP contribution is -2.17. The van der Waals surface area contributed by atoms with Crippen LogP contribution in [0.25, 0.3) is 0 Å². The molecule has 1 aromatic carbocycles. The van der Waals surface area contributed by atoms with E-state index in [0.29, 0.717) is 18.4 Å². The second-order valence-corrected chi connectivity index (χ2v) is 6.77. The van der Waals surface area contributed by atoms with Gasteiger partial charge >= 0.3 is 0 Å². The maximum atomic E-state index is 8.16. The summed E-state index contributed by atoms with van der Waals surface area (Å²) in [6, 6.07) is 6.21. The predicted octanol–water partition coefficient (Wildman–Crippen LogP) is 5.53. The van der Waals surface area contributed by atoms with E-state index in [0.717, 1.165) is 29.7 Å². The van der Waals surface area contributed by atoms with Gasteiger partial charge in [-0.15, -0.1) is 24.0 Å². The summed E-state index contributed by atoms with van der Waals surface area (Å²) in [5, 5.41) is 8.16. The molecule has 23 heavy (non-hydrogen) atoms. The van der Waals surface area contributed by atoms with Crippen molar-refractivity contribution in [1.82, 2.24) is 0 Å². The molecule has 0 aliphatic carbocycles. The number of alkyl halides is 1. The largest absolute Gasteiger partial charge is 0.496 e. The van der Waals surface area contributed by atoms with Gasteiger partial charge in [-0.05, 0) is 42.4 Å². The van der Waals surface area contributed by atoms with Gasteiger partial charge in [0, 0.05) is 5.88 Å². The molecule has 0 aliphatic heterocycles. The third-order valence-electron chi connectivity index (χ3n) is 3.68. The zero-order chi connectivity index (χ0) is 16.8. The van der Waals surface area contributed by atoms with Gasteiger partial charge < -0.3 is 9.47 Å². The van der Waals surface area contributed by atoms with E-state index in [4.69, 9.17) is 26.5 Å². The van der Waals surface area contributed by atoms with E-state index in [1.54, 1.807) is 7.11 Å². The Morgan fingerprint density at radius 1 is 1.30 bits per heavy atom. The molecule has 0 spiro atoms. The molecule has 1 aromatic rings. The number of ether oxygens (including phenoxy) is 2. The molecule has 0 fully saturated rings. The minimum Gasteiger partial charge on any atom is -0.496 e. The Morgan fingerprint density at radius 3 is 2.43 bits per heavy atom. The molecule has 0 aliphatic rings. The molecular weight excluding hydrogens is 333 g/mol. The molecule has 0 saturated carbocycles. The summed E-state index contributed by atoms with van der Waals surface area (Å²) in [6.45, 7) is 8.90. The summed E-state index contributed by atoms with van der Waals surface area (Å²) in [4.78, 5) is 0. The summed E-state index contributed by atoms with van der Waals surface area (Å²) in [5.74, 6) is 1.69. The van der Waals surface area contributed by atoms with Crippen molar-refractivity contribution < 1.29 is 9.47 Å². The lowest BCUT2D eigenvalue weighted by Gasteiger charge is -2.24. The topological polar surface area (TPSA) is 42.3 Å². The monoisotopic (exact) mass is 361 g/mol. The van der Waals surface area contributed by atoms with E-state index in [2.05, 4.69) is 32.9 Å². The Balaban J connectivity index is 0.00000484. The predicted molar refractivity (Wildman–Crippen MR) is 101 cm³/mol. The summed E-state index contributed by atoms with van der Waals surface area (Å²) >= 11 is 5.82. The van der Waals surface area contributed by atoms with Crippen LogP contribution in [0.2, 0.25) is 0 Å². The molecule has 0 bridgehead atoms. The summed E-state index contributed by atoms with van der Waals surface area (Å²) in [7, 11) is 1.69. The SMILES string of the molecule is CCOC(=N)C(CCCCl)c1ccc(C(C)(C)C)c(OC)c1.Cl. The van der Waals surface area contributed by atoms with Crippen molar-refractivity contribution >= 4 is 29.9 Å². The molecule has 1 N–H and O–H groups in total. The number of rotatable bonds is 7. The Hall–Kier alpha value is -0.930. The average molecular weight is 362 g/mol. The minimum atomic E-state index is -0.0679. The fraction of sp³-hybridized carbons (Fsp3) is 0.611. The second kappa shape index (κ2) is 10.0. The highest BCUT2D eigenvalue weighted by molar-refractivity contribution is 6.17. The van der Waals surface area contributed by atoms with E-state index in [-0.39, 0.29) is 23.7 Å². The number of hydrogen-bond acceptors (Lipinski definition) is 3. The minimum absolute atomic E-state index is 0. The standard InChI is InChI=1S/C18H28ClNO2.ClH/c1-6-22-17(20)14(8-7-11-19)13-9-10-15(18(2,3)4)16(12-13)21-5;/h9-10,12,14,20H,6-8,11H2,1-5H3;1H. The first-order chi connectivity index (χ1) is 10.3. The first kappa shape index (κ1) is 22.1. The Labute approximate surface area is 151 Å². The summed E-state index contributed by atoms with van der Waals surface area (Å²) < 4.78 is 11.0. The second-order valence-electron chi connectivity index (χ2n) is 6.39. The highest BCUT2D eigenvalue weighted by atomic mass is 35.5. The molecule has 0 aromatic heterocycles. The zero-order valence-electron chi connectivity index (χ0n) is 14.7. The van der Waals surface area contributed by atoms with Gasteiger partial charge in [0.05, 0.1) is 19.6 Å². The number of hydrogen-bond donors (Lipinski definition) is 1. The molecule has 1 rings (SSSR count). The van der Waals surface area contributed by atoms with Gasteiger partial charge in [0.2, 0.25) is 0 Å². The highest BCUT2D eigenvalue weighted by Crippen LogP contribution is 2.35. The van der Waals surface area contributed by atoms with Crippen LogP contribution in [-0.2, 0) is 10.2 Å². The van der Waals surface area contributed by atoms with Crippen molar-refractivity contribution in [2.75, 3.05) is 19.6 Å². The van der Waals surface area contributed by atoms with Gasteiger partial charge in [0.1, 0.15) is 5.75 Å². The molecule has 5 heteroatoms. The van der Waals surface area contributed by atoms with E-state index in [1.165, 1.54) is 0 Å². The van der Waals surface area contributed by atoms with E-state index < -0.39 is 0 Å². The Bertz CT molecular complexity index is 498. The van der Waals surface area contributed by atoms with Crippen LogP contribution >= 0.6 is 24.0 Å². The smallest absolute Gasteiger partial charge is 0.188 e. The van der Waals surface area contributed by atoms with Gasteiger partial charge in [0.15, 0.2) is 5.90 Å². The molecule has 0 amide bonds. The van der Waals surface area contributed by atoms with Crippen LogP contribution in [-0.4, -0.2) is 25.5 Å². The van der Waals surface area contributed by atoms with Crippen molar-refractivity contribution in [3.8, 4) is 5.75 Å². The fourth-order valence-corrected chi connectivity index (χ4v) is 2.68. The van der Waals surface area contributed by atoms with Gasteiger partial charge in [-0.25, -0.2) is 0 Å². The van der Waals surface area contributed by atoms with E-state index in [9.17, 15) is 0 Å². The fourth-order valence-electron chi connectivity index (χ4n) is 2.53. The highest BCUT2D eigenvalue weighted by Gasteiger charge is 2.23. The quantitative estimate of drug-likeness (QED) is 0.394. The average Bonchev–Trinajstić information content (AvgIpc) is 2.46. The van der Waals surface area contributed by atoms with E-state index >= 15 is 0 Å². The molecule has 0 saturated heterocycles. The molecule has 3 nitrogen and oxygen atoms in total. The van der Waals surface area contributed by atoms with Crippen LogP contribution in [0.3, 0.4) is 0 Å². The van der Waals surface area contributed by atoms with Crippen LogP contribution in [0, 0.1) is 5.41 Å². The van der Waals surface area contributed by atoms with Crippen LogP contribution in [0.1, 0.15) is 57.6 Å². The van der Waals surface area contributed by atoms with Crippen LogP contribution < -0.4 is 4.74 Å². The van der Waals surface area contributed by atoms with Crippen LogP contribution in [0.5, 0.6) is 5.75 Å². The summed E-state index contributed by atoms with van der Waals surface area (Å²) in [5.41, 5.74) is 2.23. The zero-order valence-corrected chi connectivity index (χ0v) is 16.3. The van der Waals surface area contributed by atoms with Gasteiger partial charge in [-0.2, -0.15) is 0 Å². The maximum Gasteiger partial charge on any atom is 0.188 e. The Morgan fingerprint density at radius 2 is 1.96 bits per heavy atom. The Kier molecular flexibility index (Phi) is 9.64. The van der Waals surface area contributed by atoms with Crippen molar-refractivity contribution in [3.05, 3.63) is 29.3 Å². The molecule has 1 unspecified atom stereocenters. The number of methoxy groups -OCH3 is 1. The van der Waals surface area contributed by atoms with Crippen molar-refractivity contribution in [1.29, 1.82) is 5.41 Å². The van der Waals surface area contributed by atoms with Crippen LogP contribution in [0.4, 0.5) is 0 Å². The van der Waals surface area contributed by atoms with E-state index in [1.807, 2.05) is 13.0 Å². The first-order valence-electron chi connectivity index (χ1n) is 7.80. The number of nitrogens with one attached hydrogen (secondary N) is 1. The maximum absolute atomic E-state index is 8.16. The summed E-state index contributed by atoms with van der Waals surface area (Å²) in [6.07, 6.45) is 1.66.